The third kappa shape index (κ3) is 3.59. The molecule has 1 amide bonds. The predicted molar refractivity (Wildman–Crippen MR) is 103 cm³/mol. The van der Waals surface area contributed by atoms with Gasteiger partial charge in [-0.3, -0.25) is 4.79 Å². The topological polar surface area (TPSA) is 57.8 Å². The molecule has 24 heavy (non-hydrogen) atoms. The van der Waals surface area contributed by atoms with Crippen molar-refractivity contribution in [3.05, 3.63) is 16.8 Å². The summed E-state index contributed by atoms with van der Waals surface area (Å²) in [5, 5.41) is 4.50. The van der Waals surface area contributed by atoms with E-state index < -0.39 is 8.07 Å². The van der Waals surface area contributed by atoms with Gasteiger partial charge in [0.1, 0.15) is 11.3 Å². The number of rotatable bonds is 3. The Bertz CT molecular complexity index is 715. The second-order valence-electron chi connectivity index (χ2n) is 8.34. The van der Waals surface area contributed by atoms with Gasteiger partial charge in [0.25, 0.3) is 5.91 Å². The molecule has 2 aromatic rings. The highest BCUT2D eigenvalue weighted by Crippen LogP contribution is 2.43. The van der Waals surface area contributed by atoms with Crippen LogP contribution < -0.4 is 5.32 Å². The summed E-state index contributed by atoms with van der Waals surface area (Å²) in [6, 6.07) is 5.08. The van der Waals surface area contributed by atoms with Crippen LogP contribution in [0.2, 0.25) is 25.2 Å². The van der Waals surface area contributed by atoms with E-state index in [1.807, 2.05) is 6.07 Å². The van der Waals surface area contributed by atoms with Gasteiger partial charge in [-0.2, -0.15) is 0 Å². The summed E-state index contributed by atoms with van der Waals surface area (Å²) in [6.07, 6.45) is 7.38. The third-order valence-electron chi connectivity index (χ3n) is 5.53. The highest BCUT2D eigenvalue weighted by Gasteiger charge is 2.28. The van der Waals surface area contributed by atoms with Gasteiger partial charge >= 0.3 is 0 Å². The number of hydrogen-bond acceptors (Lipinski definition) is 3. The third-order valence-corrected chi connectivity index (χ3v) is 10.0. The summed E-state index contributed by atoms with van der Waals surface area (Å²) in [7, 11) is -1.04. The van der Waals surface area contributed by atoms with Gasteiger partial charge in [-0.15, -0.1) is 11.3 Å². The maximum Gasteiger partial charge on any atom is 0.268 e. The fourth-order valence-electron chi connectivity index (χ4n) is 3.69. The zero-order valence-electron chi connectivity index (χ0n) is 14.7. The highest BCUT2D eigenvalue weighted by molar-refractivity contribution is 7.18. The van der Waals surface area contributed by atoms with Gasteiger partial charge in [-0.25, -0.2) is 4.98 Å². The summed E-state index contributed by atoms with van der Waals surface area (Å²) in [5.41, 5.74) is 1.56. The van der Waals surface area contributed by atoms with Crippen LogP contribution in [-0.2, 0) is 0 Å². The van der Waals surface area contributed by atoms with Crippen LogP contribution in [0, 0.1) is 0 Å². The predicted octanol–water partition coefficient (Wildman–Crippen LogP) is 4.88. The van der Waals surface area contributed by atoms with Crippen LogP contribution in [-0.4, -0.2) is 30.0 Å². The number of aromatic nitrogens is 2. The van der Waals surface area contributed by atoms with E-state index in [9.17, 15) is 4.79 Å². The fraction of sp³-hybridized carbons (Fsp3) is 0.667. The minimum Gasteiger partial charge on any atom is -0.348 e. The quantitative estimate of drug-likeness (QED) is 0.765. The molecular formula is C18H27N3OSSi. The molecular weight excluding hydrogens is 334 g/mol. The van der Waals surface area contributed by atoms with Gasteiger partial charge in [0.05, 0.1) is 9.71 Å². The first-order valence-electron chi connectivity index (χ1n) is 9.30. The summed E-state index contributed by atoms with van der Waals surface area (Å²) >= 11 is 1.74. The van der Waals surface area contributed by atoms with Gasteiger partial charge in [0, 0.05) is 20.0 Å². The minimum absolute atomic E-state index is 0.0400. The molecule has 0 aromatic carbocycles. The molecule has 4 nitrogen and oxygen atoms in total. The van der Waals surface area contributed by atoms with Crippen molar-refractivity contribution in [1.29, 1.82) is 0 Å². The lowest BCUT2D eigenvalue weighted by Crippen LogP contribution is -2.38. The summed E-state index contributed by atoms with van der Waals surface area (Å²) in [4.78, 5) is 20.5. The Balaban J connectivity index is 1.42. The van der Waals surface area contributed by atoms with Gasteiger partial charge < -0.3 is 10.3 Å². The molecule has 2 aliphatic rings. The number of thiazole rings is 1. The Kier molecular flexibility index (Phi) is 4.29. The molecule has 0 bridgehead atoms. The molecule has 1 saturated carbocycles. The molecule has 2 fully saturated rings. The molecule has 1 aliphatic carbocycles. The Labute approximate surface area is 148 Å². The summed E-state index contributed by atoms with van der Waals surface area (Å²) in [5.74, 6) is 0.716. The minimum atomic E-state index is -1.04. The second kappa shape index (κ2) is 6.30. The van der Waals surface area contributed by atoms with Crippen LogP contribution in [0.3, 0.4) is 0 Å². The monoisotopic (exact) mass is 361 g/mol. The number of amides is 1. The molecule has 0 spiro atoms. The molecule has 4 rings (SSSR count). The molecule has 6 heteroatoms. The number of H-pyrrole nitrogens is 1. The van der Waals surface area contributed by atoms with E-state index >= 15 is 0 Å². The average molecular weight is 362 g/mol. The molecule has 1 saturated heterocycles. The Morgan fingerprint density at radius 2 is 2.08 bits per heavy atom. The number of nitrogens with zero attached hydrogens (tertiary/aromatic N) is 1. The van der Waals surface area contributed by atoms with Crippen LogP contribution in [0.25, 0.3) is 10.3 Å². The SMILES string of the molecule is C[Si]1(C)CCCCC(NC(=O)c2cc3sc(C4CC4)nc3[nH]2)CC1. The van der Waals surface area contributed by atoms with Gasteiger partial charge in [-0.1, -0.05) is 38.0 Å². The zero-order chi connectivity index (χ0) is 16.7. The molecule has 130 valence electrons. The van der Waals surface area contributed by atoms with E-state index in [0.29, 0.717) is 17.7 Å². The van der Waals surface area contributed by atoms with E-state index in [0.717, 1.165) is 23.2 Å². The second-order valence-corrected chi connectivity index (χ2v) is 14.7. The average Bonchev–Trinajstić information content (AvgIpc) is 3.17. The first kappa shape index (κ1) is 16.3. The molecule has 0 radical (unpaired) electrons. The van der Waals surface area contributed by atoms with E-state index in [4.69, 9.17) is 0 Å². The molecule has 1 atom stereocenters. The largest absolute Gasteiger partial charge is 0.348 e. The zero-order valence-corrected chi connectivity index (χ0v) is 16.5. The maximum absolute atomic E-state index is 12.6. The normalized spacial score (nSPS) is 24.5. The number of carbonyl (C=O) groups excluding carboxylic acids is 1. The molecule has 2 N–H and O–H groups in total. The van der Waals surface area contributed by atoms with Crippen LogP contribution in [0.4, 0.5) is 0 Å². The number of fused-ring (bicyclic) bond motifs is 1. The lowest BCUT2D eigenvalue weighted by Gasteiger charge is -2.29. The van der Waals surface area contributed by atoms with E-state index in [2.05, 4.69) is 28.4 Å². The van der Waals surface area contributed by atoms with Crippen molar-refractivity contribution < 1.29 is 4.79 Å². The van der Waals surface area contributed by atoms with Crippen molar-refractivity contribution in [3.63, 3.8) is 0 Å². The number of carbonyl (C=O) groups is 1. The van der Waals surface area contributed by atoms with Gasteiger partial charge in [0.2, 0.25) is 0 Å². The lowest BCUT2D eigenvalue weighted by atomic mass is 10.1. The Hall–Kier alpha value is -1.14. The van der Waals surface area contributed by atoms with Crippen LogP contribution >= 0.6 is 11.3 Å². The van der Waals surface area contributed by atoms with Crippen molar-refractivity contribution in [1.82, 2.24) is 15.3 Å². The van der Waals surface area contributed by atoms with Gasteiger partial charge in [-0.05, 0) is 31.7 Å². The van der Waals surface area contributed by atoms with E-state index in [1.54, 1.807) is 11.3 Å². The summed E-state index contributed by atoms with van der Waals surface area (Å²) in [6.45, 7) is 4.97. The smallest absolute Gasteiger partial charge is 0.268 e. The van der Waals surface area contributed by atoms with Crippen LogP contribution in [0.1, 0.15) is 59.9 Å². The van der Waals surface area contributed by atoms with Crippen LogP contribution in [0.15, 0.2) is 6.07 Å². The van der Waals surface area contributed by atoms with E-state index in [-0.39, 0.29) is 5.91 Å². The molecule has 1 unspecified atom stereocenters. The Morgan fingerprint density at radius 1 is 1.25 bits per heavy atom. The maximum atomic E-state index is 12.6. The van der Waals surface area contributed by atoms with Gasteiger partial charge in [0.15, 0.2) is 0 Å². The van der Waals surface area contributed by atoms with Crippen molar-refractivity contribution in [3.8, 4) is 0 Å². The standard InChI is InChI=1S/C18H27N3OSSi/c1-24(2)9-4-3-5-13(8-10-24)19-17(22)14-11-15-16(20-14)21-18(23-15)12-6-7-12/h11-13,20H,3-10H2,1-2H3,(H,19,22). The lowest BCUT2D eigenvalue weighted by molar-refractivity contribution is 0.0928. The van der Waals surface area contributed by atoms with Crippen molar-refractivity contribution >= 4 is 35.7 Å². The Morgan fingerprint density at radius 3 is 2.83 bits per heavy atom. The van der Waals surface area contributed by atoms with Crippen LogP contribution in [0.5, 0.6) is 0 Å². The fourth-order valence-corrected chi connectivity index (χ4v) is 7.42. The first-order chi connectivity index (χ1) is 11.5. The van der Waals surface area contributed by atoms with Crippen molar-refractivity contribution in [2.75, 3.05) is 0 Å². The van der Waals surface area contributed by atoms with E-state index in [1.165, 1.54) is 42.8 Å². The summed E-state index contributed by atoms with van der Waals surface area (Å²) < 4.78 is 1.12. The number of aromatic amines is 1. The van der Waals surface area contributed by atoms with Crippen molar-refractivity contribution in [2.45, 2.75) is 75.7 Å². The molecule has 1 aliphatic heterocycles. The molecule has 2 aromatic heterocycles. The van der Waals surface area contributed by atoms with Crippen molar-refractivity contribution in [2.24, 2.45) is 0 Å². The number of nitrogens with one attached hydrogen (secondary N) is 2. The highest BCUT2D eigenvalue weighted by atomic mass is 32.1. The first-order valence-corrected chi connectivity index (χ1v) is 13.5. The number of hydrogen-bond donors (Lipinski definition) is 2. The molecule has 3 heterocycles.